The molecule has 122 valence electrons. The van der Waals surface area contributed by atoms with Crippen LogP contribution in [0.25, 0.3) is 0 Å². The number of amides is 1. The monoisotopic (exact) mass is 326 g/mol. The summed E-state index contributed by atoms with van der Waals surface area (Å²) in [7, 11) is 0. The van der Waals surface area contributed by atoms with E-state index in [0.29, 0.717) is 11.5 Å². The van der Waals surface area contributed by atoms with Crippen LogP contribution in [0.3, 0.4) is 0 Å². The summed E-state index contributed by atoms with van der Waals surface area (Å²) in [5.41, 5.74) is 0.171. The van der Waals surface area contributed by atoms with Gasteiger partial charge in [0.25, 0.3) is 5.91 Å². The smallest absolute Gasteiger partial charge is 0.271 e. The zero-order chi connectivity index (χ0) is 17.3. The SMILES string of the molecule is CC(=O)c1c(C)oc(NC(=O)C2COc3ccccc3O2)c1C#N. The molecule has 1 aliphatic heterocycles. The number of aryl methyl sites for hydroxylation is 1. The summed E-state index contributed by atoms with van der Waals surface area (Å²) < 4.78 is 16.4. The molecule has 24 heavy (non-hydrogen) atoms. The van der Waals surface area contributed by atoms with Crippen LogP contribution in [0.4, 0.5) is 5.88 Å². The van der Waals surface area contributed by atoms with Gasteiger partial charge in [-0.2, -0.15) is 5.26 Å². The van der Waals surface area contributed by atoms with E-state index < -0.39 is 12.0 Å². The van der Waals surface area contributed by atoms with Gasteiger partial charge in [0.05, 0.1) is 5.56 Å². The Hall–Kier alpha value is -3.27. The maximum atomic E-state index is 12.4. The molecular formula is C17H14N2O5. The number of para-hydroxylation sites is 2. The minimum Gasteiger partial charge on any atom is -0.485 e. The van der Waals surface area contributed by atoms with Crippen LogP contribution in [-0.4, -0.2) is 24.4 Å². The molecule has 1 aromatic heterocycles. The first kappa shape index (κ1) is 15.6. The number of carbonyl (C=O) groups is 2. The third kappa shape index (κ3) is 2.70. The summed E-state index contributed by atoms with van der Waals surface area (Å²) in [4.78, 5) is 24.0. The van der Waals surface area contributed by atoms with Gasteiger partial charge < -0.3 is 13.9 Å². The standard InChI is InChI=1S/C17H14N2O5/c1-9(20)15-10(2)23-17(11(15)7-18)19-16(21)14-8-22-12-5-3-4-6-13(12)24-14/h3-6,14H,8H2,1-2H3,(H,19,21). The molecule has 2 aromatic rings. The maximum Gasteiger partial charge on any atom is 0.271 e. The van der Waals surface area contributed by atoms with Crippen LogP contribution in [0.2, 0.25) is 0 Å². The van der Waals surface area contributed by atoms with Gasteiger partial charge in [-0.1, -0.05) is 12.1 Å². The quantitative estimate of drug-likeness (QED) is 0.869. The molecule has 0 radical (unpaired) electrons. The summed E-state index contributed by atoms with van der Waals surface area (Å²) in [6.07, 6.45) is -0.891. The molecule has 1 unspecified atom stereocenters. The van der Waals surface area contributed by atoms with Gasteiger partial charge in [0.2, 0.25) is 12.0 Å². The number of furan rings is 1. The summed E-state index contributed by atoms with van der Waals surface area (Å²) in [6.45, 7) is 2.92. The number of carbonyl (C=O) groups excluding carboxylic acids is 2. The molecular weight excluding hydrogens is 312 g/mol. The average molecular weight is 326 g/mol. The van der Waals surface area contributed by atoms with Crippen molar-refractivity contribution in [3.63, 3.8) is 0 Å². The molecule has 1 N–H and O–H groups in total. The molecule has 3 rings (SSSR count). The number of anilines is 1. The molecule has 0 fully saturated rings. The molecule has 1 aliphatic rings. The number of nitriles is 1. The Morgan fingerprint density at radius 2 is 2.00 bits per heavy atom. The van der Waals surface area contributed by atoms with E-state index in [9.17, 15) is 14.9 Å². The third-order valence-corrected chi connectivity index (χ3v) is 3.59. The highest BCUT2D eigenvalue weighted by Gasteiger charge is 2.30. The van der Waals surface area contributed by atoms with Crippen molar-refractivity contribution in [2.24, 2.45) is 0 Å². The van der Waals surface area contributed by atoms with Crippen molar-refractivity contribution in [1.82, 2.24) is 0 Å². The largest absolute Gasteiger partial charge is 0.485 e. The number of ketones is 1. The van der Waals surface area contributed by atoms with E-state index in [1.165, 1.54) is 6.92 Å². The zero-order valence-electron chi connectivity index (χ0n) is 13.1. The summed E-state index contributed by atoms with van der Waals surface area (Å²) >= 11 is 0. The summed E-state index contributed by atoms with van der Waals surface area (Å²) in [5.74, 6) is 0.411. The fraction of sp³-hybridized carbons (Fsp3) is 0.235. The molecule has 7 nitrogen and oxygen atoms in total. The van der Waals surface area contributed by atoms with Crippen LogP contribution < -0.4 is 14.8 Å². The summed E-state index contributed by atoms with van der Waals surface area (Å²) in [5, 5.41) is 11.7. The van der Waals surface area contributed by atoms with E-state index in [1.807, 2.05) is 6.07 Å². The van der Waals surface area contributed by atoms with E-state index in [2.05, 4.69) is 5.32 Å². The number of nitrogens with one attached hydrogen (secondary N) is 1. The summed E-state index contributed by atoms with van der Waals surface area (Å²) in [6, 6.07) is 8.90. The van der Waals surface area contributed by atoms with Gasteiger partial charge in [-0.15, -0.1) is 0 Å². The first-order valence-electron chi connectivity index (χ1n) is 7.25. The highest BCUT2D eigenvalue weighted by Crippen LogP contribution is 2.32. The number of nitrogens with zero attached hydrogens (tertiary/aromatic N) is 1. The number of ether oxygens (including phenoxy) is 2. The van der Waals surface area contributed by atoms with Crippen molar-refractivity contribution in [2.45, 2.75) is 20.0 Å². The molecule has 1 aromatic carbocycles. The van der Waals surface area contributed by atoms with Gasteiger partial charge in [-0.25, -0.2) is 0 Å². The lowest BCUT2D eigenvalue weighted by Gasteiger charge is -2.25. The highest BCUT2D eigenvalue weighted by molar-refractivity contribution is 6.01. The molecule has 1 amide bonds. The lowest BCUT2D eigenvalue weighted by atomic mass is 10.1. The predicted octanol–water partition coefficient (Wildman–Crippen LogP) is 2.44. The average Bonchev–Trinajstić information content (AvgIpc) is 2.89. The fourth-order valence-electron chi connectivity index (χ4n) is 2.50. The van der Waals surface area contributed by atoms with E-state index in [-0.39, 0.29) is 35.2 Å². The van der Waals surface area contributed by atoms with Crippen LogP contribution in [0.15, 0.2) is 28.7 Å². The second-order valence-electron chi connectivity index (χ2n) is 5.26. The van der Waals surface area contributed by atoms with E-state index in [0.717, 1.165) is 0 Å². The van der Waals surface area contributed by atoms with E-state index in [4.69, 9.17) is 13.9 Å². The number of hydrogen-bond acceptors (Lipinski definition) is 6. The second-order valence-corrected chi connectivity index (χ2v) is 5.26. The van der Waals surface area contributed by atoms with E-state index in [1.54, 1.807) is 31.2 Å². The molecule has 0 saturated heterocycles. The van der Waals surface area contributed by atoms with Crippen molar-refractivity contribution >= 4 is 17.6 Å². The van der Waals surface area contributed by atoms with Crippen molar-refractivity contribution in [1.29, 1.82) is 5.26 Å². The highest BCUT2D eigenvalue weighted by atomic mass is 16.6. The Bertz CT molecular complexity index is 862. The molecule has 0 aliphatic carbocycles. The predicted molar refractivity (Wildman–Crippen MR) is 83.1 cm³/mol. The van der Waals surface area contributed by atoms with Gasteiger partial charge in [0.15, 0.2) is 17.3 Å². The topological polar surface area (TPSA) is 102 Å². The Kier molecular flexibility index (Phi) is 3.96. The number of benzene rings is 1. The fourth-order valence-corrected chi connectivity index (χ4v) is 2.50. The van der Waals surface area contributed by atoms with Gasteiger partial charge in [-0.05, 0) is 26.0 Å². The van der Waals surface area contributed by atoms with Crippen molar-refractivity contribution in [2.75, 3.05) is 11.9 Å². The van der Waals surface area contributed by atoms with Crippen LogP contribution >= 0.6 is 0 Å². The number of fused-ring (bicyclic) bond motifs is 1. The molecule has 2 heterocycles. The maximum absolute atomic E-state index is 12.4. The van der Waals surface area contributed by atoms with Gasteiger partial charge in [0, 0.05) is 0 Å². The van der Waals surface area contributed by atoms with Crippen LogP contribution in [0.5, 0.6) is 11.5 Å². The lowest BCUT2D eigenvalue weighted by molar-refractivity contribution is -0.125. The first-order chi connectivity index (χ1) is 11.5. The van der Waals surface area contributed by atoms with Crippen molar-refractivity contribution < 1.29 is 23.5 Å². The second kappa shape index (κ2) is 6.08. The molecule has 1 atom stereocenters. The van der Waals surface area contributed by atoms with E-state index >= 15 is 0 Å². The van der Waals surface area contributed by atoms with Gasteiger partial charge in [0.1, 0.15) is 24.0 Å². The molecule has 0 saturated carbocycles. The Labute approximate surface area is 137 Å². The number of rotatable bonds is 3. The van der Waals surface area contributed by atoms with Gasteiger partial charge >= 0.3 is 0 Å². The van der Waals surface area contributed by atoms with Crippen LogP contribution in [0.1, 0.15) is 28.6 Å². The molecule has 0 bridgehead atoms. The van der Waals surface area contributed by atoms with Crippen LogP contribution in [0, 0.1) is 18.3 Å². The Morgan fingerprint density at radius 3 is 2.67 bits per heavy atom. The number of Topliss-reactive ketones (excluding diaryl/α,β-unsaturated/α-hetero) is 1. The van der Waals surface area contributed by atoms with Crippen molar-refractivity contribution in [3.8, 4) is 17.6 Å². The number of hydrogen-bond donors (Lipinski definition) is 1. The lowest BCUT2D eigenvalue weighted by Crippen LogP contribution is -2.40. The molecule has 0 spiro atoms. The Morgan fingerprint density at radius 1 is 1.29 bits per heavy atom. The normalized spacial score (nSPS) is 15.5. The zero-order valence-corrected chi connectivity index (χ0v) is 13.1. The Balaban J connectivity index is 1.81. The minimum atomic E-state index is -0.891. The van der Waals surface area contributed by atoms with Gasteiger partial charge in [-0.3, -0.25) is 14.9 Å². The first-order valence-corrected chi connectivity index (χ1v) is 7.25. The molecule has 7 heteroatoms. The van der Waals surface area contributed by atoms with Crippen molar-refractivity contribution in [3.05, 3.63) is 41.2 Å². The third-order valence-electron chi connectivity index (χ3n) is 3.59. The van der Waals surface area contributed by atoms with Crippen LogP contribution in [-0.2, 0) is 4.79 Å². The minimum absolute atomic E-state index is 0.00507.